The van der Waals surface area contributed by atoms with Crippen LogP contribution in [0.4, 0.5) is 0 Å². The van der Waals surface area contributed by atoms with Crippen molar-refractivity contribution in [2.75, 3.05) is 0 Å². The SMILES string of the molecule is CCC[CH2][Hg][CH2]C. The predicted octanol–water partition coefficient (Wildman–Crippen LogP) is 2.73. The van der Waals surface area contributed by atoms with E-state index < -0.39 is 0 Å². The summed E-state index contributed by atoms with van der Waals surface area (Å²) in [6, 6.07) is 0. The first kappa shape index (κ1) is 7.94. The van der Waals surface area contributed by atoms with Crippen molar-refractivity contribution in [3.63, 3.8) is 0 Å². The van der Waals surface area contributed by atoms with Crippen LogP contribution in [0.15, 0.2) is 0 Å². The first-order valence-corrected chi connectivity index (χ1v) is 11.2. The molecule has 0 N–H and O–H groups in total. The minimum atomic E-state index is -0.198. The van der Waals surface area contributed by atoms with E-state index in [1.807, 2.05) is 0 Å². The van der Waals surface area contributed by atoms with E-state index >= 15 is 0 Å². The zero-order valence-electron chi connectivity index (χ0n) is 5.54. The van der Waals surface area contributed by atoms with Crippen LogP contribution in [0.5, 0.6) is 0 Å². The van der Waals surface area contributed by atoms with E-state index in [-0.39, 0.29) is 24.6 Å². The van der Waals surface area contributed by atoms with Gasteiger partial charge in [0, 0.05) is 0 Å². The molecule has 0 aliphatic carbocycles. The molecule has 0 aromatic carbocycles. The molecule has 0 aliphatic rings. The van der Waals surface area contributed by atoms with E-state index in [0.717, 1.165) is 0 Å². The van der Waals surface area contributed by atoms with Crippen molar-refractivity contribution >= 4 is 0 Å². The predicted molar refractivity (Wildman–Crippen MR) is 30.2 cm³/mol. The summed E-state index contributed by atoms with van der Waals surface area (Å²) in [6.45, 7) is 4.63. The second kappa shape index (κ2) is 6.94. The molecule has 0 aliphatic heterocycles. The third-order valence-corrected chi connectivity index (χ3v) is 7.84. The molecular formula is C6H14Hg. The summed E-state index contributed by atoms with van der Waals surface area (Å²) >= 11 is -0.198. The molecule has 0 saturated carbocycles. The molecule has 40 valence electrons. The molecule has 0 rings (SSSR count). The number of unbranched alkanes of at least 4 members (excludes halogenated alkanes) is 1. The molecule has 1 heteroatoms. The molecule has 0 fully saturated rings. The molecule has 0 saturated heterocycles. The van der Waals surface area contributed by atoms with E-state index in [2.05, 4.69) is 13.8 Å². The third kappa shape index (κ3) is 6.94. The van der Waals surface area contributed by atoms with Crippen molar-refractivity contribution in [1.29, 1.82) is 0 Å². The molecule has 0 amide bonds. The van der Waals surface area contributed by atoms with Gasteiger partial charge >= 0.3 is 59.1 Å². The maximum absolute atomic E-state index is 2.34. The summed E-state index contributed by atoms with van der Waals surface area (Å²) in [5, 5.41) is 0. The van der Waals surface area contributed by atoms with Crippen LogP contribution >= 0.6 is 0 Å². The van der Waals surface area contributed by atoms with Gasteiger partial charge in [0.1, 0.15) is 0 Å². The van der Waals surface area contributed by atoms with Gasteiger partial charge in [-0.2, -0.15) is 0 Å². The normalized spacial score (nSPS) is 8.29. The monoisotopic (exact) mass is 288 g/mol. The van der Waals surface area contributed by atoms with Gasteiger partial charge in [-0.05, 0) is 0 Å². The van der Waals surface area contributed by atoms with Gasteiger partial charge in [-0.25, -0.2) is 0 Å². The molecule has 0 aromatic heterocycles. The molecule has 7 heavy (non-hydrogen) atoms. The molecule has 0 unspecified atom stereocenters. The van der Waals surface area contributed by atoms with E-state index in [9.17, 15) is 0 Å². The van der Waals surface area contributed by atoms with Gasteiger partial charge in [0.15, 0.2) is 0 Å². The van der Waals surface area contributed by atoms with Gasteiger partial charge < -0.3 is 0 Å². The van der Waals surface area contributed by atoms with Crippen LogP contribution in [-0.2, 0) is 24.6 Å². The second-order valence-electron chi connectivity index (χ2n) is 2.06. The van der Waals surface area contributed by atoms with Crippen molar-refractivity contribution in [3.8, 4) is 0 Å². The quantitative estimate of drug-likeness (QED) is 0.551. The Kier molecular flexibility index (Phi) is 7.86. The fourth-order valence-electron chi connectivity index (χ4n) is 0.677. The topological polar surface area (TPSA) is 0 Å². The molecule has 0 radical (unpaired) electrons. The first-order chi connectivity index (χ1) is 3.41. The summed E-state index contributed by atoms with van der Waals surface area (Å²) in [5.74, 6) is 0. The van der Waals surface area contributed by atoms with Gasteiger partial charge in [-0.3, -0.25) is 0 Å². The minimum absolute atomic E-state index is 0.198. The van der Waals surface area contributed by atoms with Gasteiger partial charge in [-0.1, -0.05) is 0 Å². The Morgan fingerprint density at radius 1 is 1.29 bits per heavy atom. The first-order valence-electron chi connectivity index (χ1n) is 3.41. The van der Waals surface area contributed by atoms with E-state index in [0.29, 0.717) is 0 Å². The van der Waals surface area contributed by atoms with Crippen molar-refractivity contribution in [1.82, 2.24) is 0 Å². The standard InChI is InChI=1S/C4H9.C2H5.Hg/c1-3-4-2;1-2;/h1,3-4H2,2H3;1H2,2H3;. The maximum atomic E-state index is 2.34. The van der Waals surface area contributed by atoms with Crippen LogP contribution in [0.1, 0.15) is 26.7 Å². The average molecular weight is 287 g/mol. The van der Waals surface area contributed by atoms with Crippen LogP contribution in [0.3, 0.4) is 0 Å². The summed E-state index contributed by atoms with van der Waals surface area (Å²) in [4.78, 5) is 0. The van der Waals surface area contributed by atoms with E-state index in [1.165, 1.54) is 12.8 Å². The van der Waals surface area contributed by atoms with E-state index in [1.54, 1.807) is 7.86 Å². The molecule has 0 heterocycles. The molecule has 0 aromatic rings. The van der Waals surface area contributed by atoms with Gasteiger partial charge in [0.25, 0.3) is 0 Å². The summed E-state index contributed by atoms with van der Waals surface area (Å²) in [7, 11) is 0. The molecule has 0 spiro atoms. The zero-order chi connectivity index (χ0) is 5.54. The van der Waals surface area contributed by atoms with Crippen LogP contribution in [0, 0.1) is 0 Å². The Labute approximate surface area is 59.1 Å². The molecule has 0 bridgehead atoms. The van der Waals surface area contributed by atoms with Crippen molar-refractivity contribution in [2.24, 2.45) is 0 Å². The number of hydrogen-bond donors (Lipinski definition) is 0. The summed E-state index contributed by atoms with van der Waals surface area (Å²) in [6.07, 6.45) is 2.94. The van der Waals surface area contributed by atoms with E-state index in [4.69, 9.17) is 0 Å². The Morgan fingerprint density at radius 3 is 2.43 bits per heavy atom. The second-order valence-corrected chi connectivity index (χ2v) is 11.4. The van der Waals surface area contributed by atoms with Crippen LogP contribution in [-0.4, -0.2) is 0 Å². The van der Waals surface area contributed by atoms with Gasteiger partial charge in [-0.15, -0.1) is 0 Å². The van der Waals surface area contributed by atoms with Gasteiger partial charge in [0.05, 0.1) is 0 Å². The third-order valence-electron chi connectivity index (χ3n) is 1.21. The fourth-order valence-corrected chi connectivity index (χ4v) is 5.94. The van der Waals surface area contributed by atoms with Crippen molar-refractivity contribution in [3.05, 3.63) is 0 Å². The van der Waals surface area contributed by atoms with Crippen molar-refractivity contribution in [2.45, 2.75) is 34.5 Å². The van der Waals surface area contributed by atoms with Crippen molar-refractivity contribution < 1.29 is 24.6 Å². The molecule has 0 nitrogen and oxygen atoms in total. The molecule has 0 atom stereocenters. The van der Waals surface area contributed by atoms with Crippen LogP contribution in [0.2, 0.25) is 7.86 Å². The van der Waals surface area contributed by atoms with Gasteiger partial charge in [0.2, 0.25) is 0 Å². The van der Waals surface area contributed by atoms with Crippen LogP contribution in [0.25, 0.3) is 0 Å². The fraction of sp³-hybridized carbons (Fsp3) is 1.00. The Hall–Kier alpha value is 0.935. The summed E-state index contributed by atoms with van der Waals surface area (Å²) in [5.41, 5.74) is 0. The number of hydrogen-bond acceptors (Lipinski definition) is 0. The molecular weight excluding hydrogens is 273 g/mol. The number of rotatable bonds is 4. The Balaban J connectivity index is 2.45. The Morgan fingerprint density at radius 2 is 2.00 bits per heavy atom. The Bertz CT molecular complexity index is 23.4. The average Bonchev–Trinajstić information content (AvgIpc) is 1.69. The van der Waals surface area contributed by atoms with Crippen LogP contribution < -0.4 is 0 Å². The zero-order valence-corrected chi connectivity index (χ0v) is 11.0. The summed E-state index contributed by atoms with van der Waals surface area (Å²) < 4.78 is 3.24.